The highest BCUT2D eigenvalue weighted by Gasteiger charge is 2.10. The smallest absolute Gasteiger partial charge is 0.152 e. The van der Waals surface area contributed by atoms with Crippen LogP contribution in [-0.4, -0.2) is 30.3 Å². The molecule has 3 aromatic rings. The highest BCUT2D eigenvalue weighted by molar-refractivity contribution is 5.56. The molecule has 126 valence electrons. The Morgan fingerprint density at radius 3 is 2.75 bits per heavy atom. The largest absolute Gasteiger partial charge is 0.460 e. The molecule has 0 spiro atoms. The van der Waals surface area contributed by atoms with Crippen LogP contribution in [0.15, 0.2) is 53.1 Å². The van der Waals surface area contributed by atoms with E-state index in [1.165, 1.54) is 5.69 Å². The number of nitrogens with zero attached hydrogens (tertiary/aromatic N) is 2. The van der Waals surface area contributed by atoms with Crippen LogP contribution in [0.1, 0.15) is 17.7 Å². The first kappa shape index (κ1) is 16.3. The van der Waals surface area contributed by atoms with E-state index in [0.29, 0.717) is 0 Å². The molecule has 0 saturated carbocycles. The van der Waals surface area contributed by atoms with Gasteiger partial charge in [0.2, 0.25) is 0 Å². The fraction of sp³-hybridized carbons (Fsp3) is 0.316. The van der Waals surface area contributed by atoms with Crippen molar-refractivity contribution in [2.45, 2.75) is 19.9 Å². The van der Waals surface area contributed by atoms with E-state index in [0.717, 1.165) is 48.8 Å². The summed E-state index contributed by atoms with van der Waals surface area (Å²) in [7, 11) is 2.13. The molecule has 0 atom stereocenters. The third-order valence-electron chi connectivity index (χ3n) is 4.06. The summed E-state index contributed by atoms with van der Waals surface area (Å²) in [6, 6.07) is 14.4. The summed E-state index contributed by atoms with van der Waals surface area (Å²) in [6.45, 7) is 4.70. The Hall–Kier alpha value is -2.53. The monoisotopic (exact) mass is 324 g/mol. The third kappa shape index (κ3) is 4.06. The van der Waals surface area contributed by atoms with Gasteiger partial charge in [0.25, 0.3) is 0 Å². The molecule has 3 rings (SSSR count). The first-order chi connectivity index (χ1) is 11.7. The third-order valence-corrected chi connectivity index (χ3v) is 4.06. The van der Waals surface area contributed by atoms with Crippen molar-refractivity contribution in [3.05, 3.63) is 60.0 Å². The molecular formula is C19H24N4O. The lowest BCUT2D eigenvalue weighted by Gasteiger charge is -2.19. The minimum atomic E-state index is 0.778. The van der Waals surface area contributed by atoms with Crippen LogP contribution in [0, 0.1) is 6.92 Å². The molecule has 0 radical (unpaired) electrons. The van der Waals surface area contributed by atoms with Crippen LogP contribution in [-0.2, 0) is 6.54 Å². The van der Waals surface area contributed by atoms with Crippen molar-refractivity contribution in [1.29, 1.82) is 0 Å². The number of H-pyrrole nitrogens is 1. The number of para-hydroxylation sites is 1. The molecule has 0 unspecified atom stereocenters. The van der Waals surface area contributed by atoms with E-state index in [1.54, 1.807) is 0 Å². The Morgan fingerprint density at radius 2 is 2.00 bits per heavy atom. The molecule has 0 aliphatic rings. The molecule has 0 aliphatic carbocycles. The summed E-state index contributed by atoms with van der Waals surface area (Å²) >= 11 is 0. The van der Waals surface area contributed by atoms with Crippen molar-refractivity contribution in [3.8, 4) is 11.5 Å². The van der Waals surface area contributed by atoms with E-state index in [2.05, 4.69) is 51.7 Å². The van der Waals surface area contributed by atoms with Gasteiger partial charge in [-0.05, 0) is 44.2 Å². The molecule has 24 heavy (non-hydrogen) atoms. The summed E-state index contributed by atoms with van der Waals surface area (Å²) in [6.07, 6.45) is 2.94. The van der Waals surface area contributed by atoms with E-state index in [-0.39, 0.29) is 0 Å². The molecule has 1 aromatic carbocycles. The molecular weight excluding hydrogens is 300 g/mol. The maximum absolute atomic E-state index is 5.67. The highest BCUT2D eigenvalue weighted by Crippen LogP contribution is 2.23. The molecule has 2 N–H and O–H groups in total. The van der Waals surface area contributed by atoms with Gasteiger partial charge < -0.3 is 14.6 Å². The lowest BCUT2D eigenvalue weighted by Crippen LogP contribution is -2.23. The van der Waals surface area contributed by atoms with Crippen LogP contribution in [0.2, 0.25) is 0 Å². The van der Waals surface area contributed by atoms with Gasteiger partial charge in [-0.3, -0.25) is 5.10 Å². The van der Waals surface area contributed by atoms with Crippen LogP contribution in [0.25, 0.3) is 11.5 Å². The van der Waals surface area contributed by atoms with Gasteiger partial charge in [0.1, 0.15) is 11.5 Å². The normalized spacial score (nSPS) is 10.9. The summed E-state index contributed by atoms with van der Waals surface area (Å²) in [4.78, 5) is 2.27. The number of rotatable bonds is 8. The average molecular weight is 324 g/mol. The van der Waals surface area contributed by atoms with Gasteiger partial charge in [0.15, 0.2) is 5.76 Å². The number of aryl methyl sites for hydroxylation is 1. The SMILES string of the molecule is Cc1ccc(-c2[nH]ncc2CNCCCN(C)c2ccccc2)o1. The van der Waals surface area contributed by atoms with Crippen LogP contribution >= 0.6 is 0 Å². The van der Waals surface area contributed by atoms with E-state index >= 15 is 0 Å². The molecule has 0 amide bonds. The van der Waals surface area contributed by atoms with Gasteiger partial charge in [-0.2, -0.15) is 5.10 Å². The Morgan fingerprint density at radius 1 is 1.17 bits per heavy atom. The summed E-state index contributed by atoms with van der Waals surface area (Å²) in [5.41, 5.74) is 3.33. The minimum absolute atomic E-state index is 0.778. The van der Waals surface area contributed by atoms with Gasteiger partial charge in [-0.1, -0.05) is 18.2 Å². The highest BCUT2D eigenvalue weighted by atomic mass is 16.3. The molecule has 2 heterocycles. The number of hydrogen-bond acceptors (Lipinski definition) is 4. The number of furan rings is 1. The summed E-state index contributed by atoms with van der Waals surface area (Å²) in [5.74, 6) is 1.74. The zero-order valence-corrected chi connectivity index (χ0v) is 14.2. The van der Waals surface area contributed by atoms with Crippen LogP contribution in [0.3, 0.4) is 0 Å². The van der Waals surface area contributed by atoms with E-state index in [1.807, 2.05) is 31.3 Å². The fourth-order valence-corrected chi connectivity index (χ4v) is 2.70. The maximum atomic E-state index is 5.67. The number of anilines is 1. The van der Waals surface area contributed by atoms with Crippen LogP contribution in [0.5, 0.6) is 0 Å². The van der Waals surface area contributed by atoms with Crippen LogP contribution < -0.4 is 10.2 Å². The van der Waals surface area contributed by atoms with E-state index in [4.69, 9.17) is 4.42 Å². The molecule has 0 saturated heterocycles. The van der Waals surface area contributed by atoms with Crippen molar-refractivity contribution in [2.75, 3.05) is 25.0 Å². The number of nitrogens with one attached hydrogen (secondary N) is 2. The van der Waals surface area contributed by atoms with Gasteiger partial charge >= 0.3 is 0 Å². The number of hydrogen-bond donors (Lipinski definition) is 2. The van der Waals surface area contributed by atoms with Gasteiger partial charge in [-0.15, -0.1) is 0 Å². The first-order valence-corrected chi connectivity index (χ1v) is 8.30. The van der Waals surface area contributed by atoms with Crippen molar-refractivity contribution < 1.29 is 4.42 Å². The Kier molecular flexibility index (Phi) is 5.33. The molecule has 5 heteroatoms. The fourth-order valence-electron chi connectivity index (χ4n) is 2.70. The standard InChI is InChI=1S/C19H24N4O/c1-15-9-10-18(24-15)19-16(14-21-22-19)13-20-11-6-12-23(2)17-7-4-3-5-8-17/h3-5,7-10,14,20H,6,11-13H2,1-2H3,(H,21,22). The lowest BCUT2D eigenvalue weighted by atomic mass is 10.2. The zero-order chi connectivity index (χ0) is 16.8. The second-order valence-electron chi connectivity index (χ2n) is 5.97. The van der Waals surface area contributed by atoms with Gasteiger partial charge in [0.05, 0.1) is 6.20 Å². The number of aromatic amines is 1. The lowest BCUT2D eigenvalue weighted by molar-refractivity contribution is 0.545. The number of benzene rings is 1. The summed E-state index contributed by atoms with van der Waals surface area (Å²) < 4.78 is 5.67. The molecule has 0 aliphatic heterocycles. The summed E-state index contributed by atoms with van der Waals surface area (Å²) in [5, 5.41) is 10.6. The van der Waals surface area contributed by atoms with Gasteiger partial charge in [-0.25, -0.2) is 0 Å². The predicted octanol–water partition coefficient (Wildman–Crippen LogP) is 3.59. The van der Waals surface area contributed by atoms with E-state index < -0.39 is 0 Å². The first-order valence-electron chi connectivity index (χ1n) is 8.30. The topological polar surface area (TPSA) is 57.1 Å². The van der Waals surface area contributed by atoms with E-state index in [9.17, 15) is 0 Å². The second-order valence-corrected chi connectivity index (χ2v) is 5.97. The zero-order valence-electron chi connectivity index (χ0n) is 14.2. The van der Waals surface area contributed by atoms with Crippen molar-refractivity contribution in [1.82, 2.24) is 15.5 Å². The Bertz CT molecular complexity index is 748. The second kappa shape index (κ2) is 7.84. The van der Waals surface area contributed by atoms with Crippen molar-refractivity contribution in [2.24, 2.45) is 0 Å². The molecule has 0 fully saturated rings. The Labute approximate surface area is 142 Å². The average Bonchev–Trinajstić information content (AvgIpc) is 3.23. The predicted molar refractivity (Wildman–Crippen MR) is 97.1 cm³/mol. The quantitative estimate of drug-likeness (QED) is 0.622. The van der Waals surface area contributed by atoms with Crippen molar-refractivity contribution in [3.63, 3.8) is 0 Å². The maximum Gasteiger partial charge on any atom is 0.152 e. The van der Waals surface area contributed by atoms with Crippen LogP contribution in [0.4, 0.5) is 5.69 Å². The van der Waals surface area contributed by atoms with Crippen molar-refractivity contribution >= 4 is 5.69 Å². The van der Waals surface area contributed by atoms with Gasteiger partial charge in [0, 0.05) is 31.4 Å². The Balaban J connectivity index is 1.44. The molecule has 2 aromatic heterocycles. The number of aromatic nitrogens is 2. The minimum Gasteiger partial charge on any atom is -0.460 e. The molecule has 5 nitrogen and oxygen atoms in total. The molecule has 0 bridgehead atoms.